The molecule has 162 valence electrons. The van der Waals surface area contributed by atoms with Crippen molar-refractivity contribution in [3.8, 4) is 0 Å². The smallest absolute Gasteiger partial charge is 0.253 e. The highest BCUT2D eigenvalue weighted by molar-refractivity contribution is 7.80. The van der Waals surface area contributed by atoms with Gasteiger partial charge in [-0.2, -0.15) is 0 Å². The first-order valence-corrected chi connectivity index (χ1v) is 11.3. The maximum absolute atomic E-state index is 12.8. The van der Waals surface area contributed by atoms with Crippen LogP contribution in [0.1, 0.15) is 42.5 Å². The molecule has 2 N–H and O–H groups in total. The minimum Gasteiger partial charge on any atom is -0.376 e. The molecule has 0 aliphatic carbocycles. The van der Waals surface area contributed by atoms with E-state index in [9.17, 15) is 4.79 Å². The largest absolute Gasteiger partial charge is 0.376 e. The number of H-pyrrole nitrogens is 1. The van der Waals surface area contributed by atoms with Crippen molar-refractivity contribution >= 4 is 28.2 Å². The van der Waals surface area contributed by atoms with Crippen LogP contribution in [0, 0.1) is 6.92 Å². The fourth-order valence-electron chi connectivity index (χ4n) is 4.11. The first-order valence-electron chi connectivity index (χ1n) is 10.8. The van der Waals surface area contributed by atoms with Gasteiger partial charge in [0.1, 0.15) is 0 Å². The van der Waals surface area contributed by atoms with Gasteiger partial charge < -0.3 is 19.9 Å². The molecule has 6 heteroatoms. The summed E-state index contributed by atoms with van der Waals surface area (Å²) in [4.78, 5) is 18.0. The highest BCUT2D eigenvalue weighted by atomic mass is 32.1. The van der Waals surface area contributed by atoms with Crippen LogP contribution in [0.2, 0.25) is 0 Å². The van der Waals surface area contributed by atoms with Crippen molar-refractivity contribution in [1.29, 1.82) is 0 Å². The maximum atomic E-state index is 12.8. The molecule has 31 heavy (non-hydrogen) atoms. The number of nitrogens with one attached hydrogen (secondary N) is 2. The SMILES string of the molecule is Cc1cccc2cc(CN(C[C@@H]3CCCO3)C(=S)N[C@@H](C)c3ccccc3)c(=O)[nH]c12. The summed E-state index contributed by atoms with van der Waals surface area (Å²) in [7, 11) is 0. The molecule has 1 saturated heterocycles. The Labute approximate surface area is 188 Å². The van der Waals surface area contributed by atoms with Gasteiger partial charge in [0.25, 0.3) is 5.56 Å². The lowest BCUT2D eigenvalue weighted by Gasteiger charge is -2.30. The number of thiocarbonyl (C=S) groups is 1. The van der Waals surface area contributed by atoms with E-state index in [0.29, 0.717) is 23.8 Å². The average Bonchev–Trinajstić information content (AvgIpc) is 3.28. The lowest BCUT2D eigenvalue weighted by atomic mass is 10.1. The molecule has 0 bridgehead atoms. The normalized spacial score (nSPS) is 16.9. The fraction of sp³-hybridized carbons (Fsp3) is 0.360. The summed E-state index contributed by atoms with van der Waals surface area (Å²) in [6.45, 7) is 5.99. The molecule has 0 amide bonds. The van der Waals surface area contributed by atoms with Crippen LogP contribution in [0.15, 0.2) is 59.4 Å². The number of hydrogen-bond acceptors (Lipinski definition) is 3. The van der Waals surface area contributed by atoms with Crippen LogP contribution in [-0.2, 0) is 11.3 Å². The molecular weight excluding hydrogens is 406 g/mol. The Hall–Kier alpha value is -2.70. The molecular formula is C25H29N3O2S. The number of aryl methyl sites for hydroxylation is 1. The third kappa shape index (κ3) is 5.14. The zero-order valence-electron chi connectivity index (χ0n) is 18.1. The van der Waals surface area contributed by atoms with Gasteiger partial charge in [0.2, 0.25) is 0 Å². The Morgan fingerprint density at radius 2 is 2.06 bits per heavy atom. The number of ether oxygens (including phenoxy) is 1. The Kier molecular flexibility index (Phi) is 6.68. The first kappa shape index (κ1) is 21.5. The van der Waals surface area contributed by atoms with Gasteiger partial charge in [-0.15, -0.1) is 0 Å². The van der Waals surface area contributed by atoms with E-state index in [1.54, 1.807) is 0 Å². The molecule has 1 aromatic heterocycles. The number of aromatic amines is 1. The third-order valence-corrected chi connectivity index (χ3v) is 6.28. The zero-order chi connectivity index (χ0) is 21.8. The number of nitrogens with zero attached hydrogens (tertiary/aromatic N) is 1. The Balaban J connectivity index is 1.57. The Morgan fingerprint density at radius 1 is 1.26 bits per heavy atom. The summed E-state index contributed by atoms with van der Waals surface area (Å²) in [5.74, 6) is 0. The number of hydrogen-bond donors (Lipinski definition) is 2. The lowest BCUT2D eigenvalue weighted by Crippen LogP contribution is -2.44. The molecule has 3 aromatic rings. The topological polar surface area (TPSA) is 57.4 Å². The van der Waals surface area contributed by atoms with Crippen molar-refractivity contribution in [2.45, 2.75) is 45.4 Å². The molecule has 1 aliphatic heterocycles. The average molecular weight is 436 g/mol. The summed E-state index contributed by atoms with van der Waals surface area (Å²) >= 11 is 5.79. The summed E-state index contributed by atoms with van der Waals surface area (Å²) < 4.78 is 5.86. The van der Waals surface area contributed by atoms with Gasteiger partial charge in [-0.25, -0.2) is 0 Å². The number of para-hydroxylation sites is 1. The second kappa shape index (κ2) is 9.62. The van der Waals surface area contributed by atoms with E-state index in [1.165, 1.54) is 5.56 Å². The van der Waals surface area contributed by atoms with Crippen molar-refractivity contribution in [2.24, 2.45) is 0 Å². The summed E-state index contributed by atoms with van der Waals surface area (Å²) in [6.07, 6.45) is 2.21. The number of pyridine rings is 1. The van der Waals surface area contributed by atoms with Gasteiger partial charge in [-0.3, -0.25) is 4.79 Å². The molecule has 2 aromatic carbocycles. The van der Waals surface area contributed by atoms with Crippen LogP contribution < -0.4 is 10.9 Å². The number of aromatic nitrogens is 1. The van der Waals surface area contributed by atoms with Crippen molar-refractivity contribution < 1.29 is 4.74 Å². The van der Waals surface area contributed by atoms with Gasteiger partial charge in [0.05, 0.1) is 24.2 Å². The van der Waals surface area contributed by atoms with Gasteiger partial charge in [-0.1, -0.05) is 48.5 Å². The second-order valence-electron chi connectivity index (χ2n) is 8.26. The molecule has 0 unspecified atom stereocenters. The lowest BCUT2D eigenvalue weighted by molar-refractivity contribution is 0.0895. The van der Waals surface area contributed by atoms with E-state index in [4.69, 9.17) is 17.0 Å². The molecule has 0 spiro atoms. The molecule has 2 heterocycles. The molecule has 0 radical (unpaired) electrons. The summed E-state index contributed by atoms with van der Waals surface area (Å²) in [5, 5.41) is 5.11. The van der Waals surface area contributed by atoms with Crippen LogP contribution in [-0.4, -0.2) is 34.3 Å². The van der Waals surface area contributed by atoms with E-state index >= 15 is 0 Å². The van der Waals surface area contributed by atoms with Gasteiger partial charge in [0, 0.05) is 18.7 Å². The van der Waals surface area contributed by atoms with E-state index in [0.717, 1.165) is 35.9 Å². The van der Waals surface area contributed by atoms with Crippen molar-refractivity contribution in [2.75, 3.05) is 13.2 Å². The summed E-state index contributed by atoms with van der Waals surface area (Å²) in [6, 6.07) is 18.3. The quantitative estimate of drug-likeness (QED) is 0.560. The van der Waals surface area contributed by atoms with Gasteiger partial charge in [-0.05, 0) is 61.5 Å². The third-order valence-electron chi connectivity index (χ3n) is 5.90. The second-order valence-corrected chi connectivity index (χ2v) is 8.65. The number of rotatable bonds is 6. The Morgan fingerprint density at radius 3 is 2.81 bits per heavy atom. The zero-order valence-corrected chi connectivity index (χ0v) is 18.9. The van der Waals surface area contributed by atoms with E-state index in [1.807, 2.05) is 49.4 Å². The Bertz CT molecular complexity index is 1110. The monoisotopic (exact) mass is 435 g/mol. The van der Waals surface area contributed by atoms with Crippen molar-refractivity contribution in [3.63, 3.8) is 0 Å². The van der Waals surface area contributed by atoms with Crippen molar-refractivity contribution in [1.82, 2.24) is 15.2 Å². The minimum atomic E-state index is -0.0713. The number of benzene rings is 2. The van der Waals surface area contributed by atoms with Crippen LogP contribution in [0.4, 0.5) is 0 Å². The predicted molar refractivity (Wildman–Crippen MR) is 129 cm³/mol. The van der Waals surface area contributed by atoms with E-state index < -0.39 is 0 Å². The molecule has 5 nitrogen and oxygen atoms in total. The van der Waals surface area contributed by atoms with E-state index in [-0.39, 0.29) is 17.7 Å². The molecule has 0 saturated carbocycles. The molecule has 2 atom stereocenters. The van der Waals surface area contributed by atoms with Gasteiger partial charge >= 0.3 is 0 Å². The standard InChI is InChI=1S/C25H29N3O2S/c1-17-8-6-11-20-14-21(24(29)27-23(17)20)15-28(16-22-12-7-13-30-22)25(31)26-18(2)19-9-4-3-5-10-19/h3-6,8-11,14,18,22H,7,12-13,15-16H2,1-2H3,(H,26,31)(H,27,29)/t18-,22-/m0/s1. The molecule has 4 rings (SSSR count). The molecule has 1 aliphatic rings. The fourth-order valence-corrected chi connectivity index (χ4v) is 4.42. The van der Waals surface area contributed by atoms with Crippen molar-refractivity contribution in [3.05, 3.63) is 81.6 Å². The highest BCUT2D eigenvalue weighted by Gasteiger charge is 2.23. The molecule has 1 fully saturated rings. The number of fused-ring (bicyclic) bond motifs is 1. The highest BCUT2D eigenvalue weighted by Crippen LogP contribution is 2.19. The van der Waals surface area contributed by atoms with Crippen LogP contribution in [0.25, 0.3) is 10.9 Å². The van der Waals surface area contributed by atoms with E-state index in [2.05, 4.69) is 34.3 Å². The van der Waals surface area contributed by atoms with Crippen LogP contribution >= 0.6 is 12.2 Å². The summed E-state index contributed by atoms with van der Waals surface area (Å²) in [5.41, 5.74) is 3.75. The van der Waals surface area contributed by atoms with Gasteiger partial charge in [0.15, 0.2) is 5.11 Å². The maximum Gasteiger partial charge on any atom is 0.253 e. The first-order chi connectivity index (χ1) is 15.0. The predicted octanol–water partition coefficient (Wildman–Crippen LogP) is 4.45. The minimum absolute atomic E-state index is 0.0678. The van der Waals surface area contributed by atoms with Crippen LogP contribution in [0.5, 0.6) is 0 Å². The van der Waals surface area contributed by atoms with Crippen LogP contribution in [0.3, 0.4) is 0 Å².